The summed E-state index contributed by atoms with van der Waals surface area (Å²) in [6.07, 6.45) is 1.45. The Balaban J connectivity index is 2.26. The van der Waals surface area contributed by atoms with Gasteiger partial charge in [-0.05, 0) is 13.0 Å². The fraction of sp³-hybridized carbons (Fsp3) is 0.133. The number of carbonyl (C=O) groups excluding carboxylic acids is 1. The fourth-order valence-corrected chi connectivity index (χ4v) is 2.22. The molecule has 0 aliphatic carbocycles. The Labute approximate surface area is 126 Å². The van der Waals surface area contributed by atoms with Crippen LogP contribution in [0, 0.1) is 6.92 Å². The number of ether oxygens (including phenoxy) is 1. The molecule has 0 atom stereocenters. The van der Waals surface area contributed by atoms with Gasteiger partial charge in [-0.15, -0.1) is 0 Å². The Morgan fingerprint density at radius 1 is 1.29 bits per heavy atom. The van der Waals surface area contributed by atoms with Gasteiger partial charge >= 0.3 is 5.97 Å². The maximum Gasteiger partial charge on any atom is 0.356 e. The molecule has 0 spiro atoms. The minimum atomic E-state index is -0.490. The van der Waals surface area contributed by atoms with Gasteiger partial charge in [0.2, 0.25) is 0 Å². The molecule has 0 radical (unpaired) electrons. The maximum atomic E-state index is 11.9. The number of rotatable bonds is 2. The molecule has 3 rings (SSSR count). The summed E-state index contributed by atoms with van der Waals surface area (Å²) in [5.74, 6) is -0.490. The molecule has 5 nitrogen and oxygen atoms in total. The molecule has 6 heteroatoms. The van der Waals surface area contributed by atoms with Gasteiger partial charge in [0.15, 0.2) is 11.3 Å². The van der Waals surface area contributed by atoms with Crippen LogP contribution in [0.4, 0.5) is 0 Å². The summed E-state index contributed by atoms with van der Waals surface area (Å²) in [6.45, 7) is 2.01. The molecule has 2 heterocycles. The van der Waals surface area contributed by atoms with Gasteiger partial charge in [-0.3, -0.25) is 0 Å². The maximum absolute atomic E-state index is 11.9. The number of fused-ring (bicyclic) bond motifs is 1. The van der Waals surface area contributed by atoms with Gasteiger partial charge in [-0.2, -0.15) is 5.10 Å². The first-order valence-corrected chi connectivity index (χ1v) is 6.67. The normalized spacial score (nSPS) is 10.8. The lowest BCUT2D eigenvalue weighted by Crippen LogP contribution is -2.10. The SMILES string of the molecule is COC(=O)c1cc(-c2ccc(C)cc2)nc2c(Cl)cnn12. The van der Waals surface area contributed by atoms with E-state index in [0.717, 1.165) is 11.1 Å². The summed E-state index contributed by atoms with van der Waals surface area (Å²) >= 11 is 6.08. The van der Waals surface area contributed by atoms with Crippen LogP contribution in [-0.2, 0) is 4.74 Å². The first-order chi connectivity index (χ1) is 10.1. The zero-order valence-electron chi connectivity index (χ0n) is 11.5. The molecule has 0 N–H and O–H groups in total. The van der Waals surface area contributed by atoms with E-state index in [1.807, 2.05) is 31.2 Å². The lowest BCUT2D eigenvalue weighted by Gasteiger charge is -2.07. The van der Waals surface area contributed by atoms with Crippen molar-refractivity contribution in [1.82, 2.24) is 14.6 Å². The first kappa shape index (κ1) is 13.6. The van der Waals surface area contributed by atoms with E-state index in [4.69, 9.17) is 16.3 Å². The number of nitrogens with zero attached hydrogens (tertiary/aromatic N) is 3. The van der Waals surface area contributed by atoms with Crippen molar-refractivity contribution < 1.29 is 9.53 Å². The number of carbonyl (C=O) groups is 1. The molecule has 0 fully saturated rings. The molecule has 0 unspecified atom stereocenters. The van der Waals surface area contributed by atoms with Gasteiger partial charge < -0.3 is 4.74 Å². The Morgan fingerprint density at radius 2 is 2.00 bits per heavy atom. The fourth-order valence-electron chi connectivity index (χ4n) is 2.06. The van der Waals surface area contributed by atoms with Crippen LogP contribution in [0.1, 0.15) is 16.1 Å². The second-order valence-corrected chi connectivity index (χ2v) is 5.02. The summed E-state index contributed by atoms with van der Waals surface area (Å²) in [5, 5.41) is 4.44. The molecular formula is C15H12ClN3O2. The van der Waals surface area contributed by atoms with Crippen molar-refractivity contribution in [3.63, 3.8) is 0 Å². The third-order valence-electron chi connectivity index (χ3n) is 3.17. The molecule has 0 amide bonds. The second kappa shape index (κ2) is 5.18. The molecule has 0 aliphatic heterocycles. The van der Waals surface area contributed by atoms with Gasteiger partial charge in [-0.25, -0.2) is 14.3 Å². The molecule has 106 valence electrons. The largest absolute Gasteiger partial charge is 0.464 e. The molecule has 0 saturated heterocycles. The molecule has 0 saturated carbocycles. The third kappa shape index (κ3) is 2.36. The van der Waals surface area contributed by atoms with Crippen molar-refractivity contribution in [3.05, 3.63) is 52.8 Å². The van der Waals surface area contributed by atoms with Crippen LogP contribution in [0.2, 0.25) is 5.02 Å². The van der Waals surface area contributed by atoms with Gasteiger partial charge in [0.1, 0.15) is 5.02 Å². The highest BCUT2D eigenvalue weighted by Gasteiger charge is 2.17. The Kier molecular flexibility index (Phi) is 3.35. The summed E-state index contributed by atoms with van der Waals surface area (Å²) in [4.78, 5) is 16.4. The predicted molar refractivity (Wildman–Crippen MR) is 79.5 cm³/mol. The quantitative estimate of drug-likeness (QED) is 0.682. The van der Waals surface area contributed by atoms with E-state index in [9.17, 15) is 4.79 Å². The van der Waals surface area contributed by atoms with Crippen LogP contribution in [0.15, 0.2) is 36.5 Å². The Morgan fingerprint density at radius 3 is 2.67 bits per heavy atom. The predicted octanol–water partition coefficient (Wildman–Crippen LogP) is 3.14. The summed E-state index contributed by atoms with van der Waals surface area (Å²) in [6, 6.07) is 9.50. The molecule has 0 aliphatic rings. The second-order valence-electron chi connectivity index (χ2n) is 4.61. The summed E-state index contributed by atoms with van der Waals surface area (Å²) in [7, 11) is 1.32. The highest BCUT2D eigenvalue weighted by atomic mass is 35.5. The van der Waals surface area contributed by atoms with E-state index in [2.05, 4.69) is 10.1 Å². The van der Waals surface area contributed by atoms with Crippen molar-refractivity contribution in [2.24, 2.45) is 0 Å². The van der Waals surface area contributed by atoms with Crippen LogP contribution < -0.4 is 0 Å². The number of hydrogen-bond donors (Lipinski definition) is 0. The standard InChI is InChI=1S/C15H12ClN3O2/c1-9-3-5-10(6-4-9)12-7-13(15(20)21-2)19-14(18-12)11(16)8-17-19/h3-8H,1-2H3. The molecule has 2 aromatic heterocycles. The number of benzene rings is 1. The Bertz CT molecular complexity index is 825. The summed E-state index contributed by atoms with van der Waals surface area (Å²) < 4.78 is 6.17. The number of aromatic nitrogens is 3. The molecule has 0 bridgehead atoms. The average Bonchev–Trinajstić information content (AvgIpc) is 2.88. The van der Waals surface area contributed by atoms with E-state index in [1.165, 1.54) is 17.8 Å². The van der Waals surface area contributed by atoms with E-state index >= 15 is 0 Å². The number of methoxy groups -OCH3 is 1. The van der Waals surface area contributed by atoms with Gasteiger partial charge in [-0.1, -0.05) is 41.4 Å². The number of esters is 1. The van der Waals surface area contributed by atoms with E-state index in [1.54, 1.807) is 6.07 Å². The number of halogens is 1. The monoisotopic (exact) mass is 301 g/mol. The minimum Gasteiger partial charge on any atom is -0.464 e. The van der Waals surface area contributed by atoms with E-state index in [-0.39, 0.29) is 5.69 Å². The third-order valence-corrected chi connectivity index (χ3v) is 3.44. The van der Waals surface area contributed by atoms with Crippen LogP contribution in [0.3, 0.4) is 0 Å². The van der Waals surface area contributed by atoms with Crippen LogP contribution in [-0.4, -0.2) is 27.7 Å². The zero-order chi connectivity index (χ0) is 15.0. The van der Waals surface area contributed by atoms with Crippen molar-refractivity contribution in [2.45, 2.75) is 6.92 Å². The van der Waals surface area contributed by atoms with Crippen molar-refractivity contribution in [3.8, 4) is 11.3 Å². The molecular weight excluding hydrogens is 290 g/mol. The first-order valence-electron chi connectivity index (χ1n) is 6.30. The average molecular weight is 302 g/mol. The van der Waals surface area contributed by atoms with Crippen molar-refractivity contribution in [2.75, 3.05) is 7.11 Å². The molecule has 1 aromatic carbocycles. The van der Waals surface area contributed by atoms with Gasteiger partial charge in [0.25, 0.3) is 0 Å². The van der Waals surface area contributed by atoms with Crippen molar-refractivity contribution in [1.29, 1.82) is 0 Å². The minimum absolute atomic E-state index is 0.282. The van der Waals surface area contributed by atoms with Crippen LogP contribution in [0.25, 0.3) is 16.9 Å². The van der Waals surface area contributed by atoms with Crippen molar-refractivity contribution >= 4 is 23.2 Å². The topological polar surface area (TPSA) is 56.5 Å². The van der Waals surface area contributed by atoms with Gasteiger partial charge in [0, 0.05) is 5.56 Å². The Hall–Kier alpha value is -2.40. The smallest absolute Gasteiger partial charge is 0.356 e. The number of hydrogen-bond acceptors (Lipinski definition) is 4. The van der Waals surface area contributed by atoms with E-state index in [0.29, 0.717) is 16.4 Å². The highest BCUT2D eigenvalue weighted by Crippen LogP contribution is 2.24. The lowest BCUT2D eigenvalue weighted by molar-refractivity contribution is 0.0590. The molecule has 21 heavy (non-hydrogen) atoms. The highest BCUT2D eigenvalue weighted by molar-refractivity contribution is 6.33. The van der Waals surface area contributed by atoms with E-state index < -0.39 is 5.97 Å². The van der Waals surface area contributed by atoms with Gasteiger partial charge in [0.05, 0.1) is 19.0 Å². The van der Waals surface area contributed by atoms with Crippen LogP contribution in [0.5, 0.6) is 0 Å². The summed E-state index contributed by atoms with van der Waals surface area (Å²) in [5.41, 5.74) is 3.39. The zero-order valence-corrected chi connectivity index (χ0v) is 12.3. The lowest BCUT2D eigenvalue weighted by atomic mass is 10.1. The van der Waals surface area contributed by atoms with Crippen LogP contribution >= 0.6 is 11.6 Å². The molecule has 3 aromatic rings. The number of aryl methyl sites for hydroxylation is 1.